The third-order valence-corrected chi connectivity index (χ3v) is 7.81. The highest BCUT2D eigenvalue weighted by atomic mass is 16.5. The SMILES string of the molecule is CCNC(=O)NCc1ccc(CN(CCc2c[nH]c3ccccc23)C2CCc3cc(C=CC(=O)OC)ccc32)cc1. The van der Waals surface area contributed by atoms with E-state index >= 15 is 0 Å². The summed E-state index contributed by atoms with van der Waals surface area (Å²) in [7, 11) is 1.39. The molecule has 3 N–H and O–H groups in total. The van der Waals surface area contributed by atoms with Crippen LogP contribution in [0.1, 0.15) is 52.8 Å². The van der Waals surface area contributed by atoms with Gasteiger partial charge in [0.15, 0.2) is 0 Å². The summed E-state index contributed by atoms with van der Waals surface area (Å²) in [6.45, 7) is 4.77. The summed E-state index contributed by atoms with van der Waals surface area (Å²) in [5, 5.41) is 6.94. The number of aromatic amines is 1. The van der Waals surface area contributed by atoms with Crippen LogP contribution in [0.3, 0.4) is 0 Å². The molecule has 0 saturated carbocycles. The number of carbonyl (C=O) groups excluding carboxylic acids is 2. The van der Waals surface area contributed by atoms with E-state index in [4.69, 9.17) is 4.74 Å². The van der Waals surface area contributed by atoms with E-state index in [1.54, 1.807) is 0 Å². The molecule has 5 rings (SSSR count). The monoisotopic (exact) mass is 550 g/mol. The number of amides is 2. The molecule has 0 aliphatic heterocycles. The first-order chi connectivity index (χ1) is 20.0. The third-order valence-electron chi connectivity index (χ3n) is 7.81. The maximum atomic E-state index is 11.8. The van der Waals surface area contributed by atoms with Crippen LogP contribution in [-0.4, -0.2) is 42.1 Å². The van der Waals surface area contributed by atoms with Crippen LogP contribution < -0.4 is 10.6 Å². The molecule has 0 fully saturated rings. The summed E-state index contributed by atoms with van der Waals surface area (Å²) in [4.78, 5) is 29.3. The van der Waals surface area contributed by atoms with E-state index < -0.39 is 0 Å². The first-order valence-electron chi connectivity index (χ1n) is 14.3. The topological polar surface area (TPSA) is 86.5 Å². The van der Waals surface area contributed by atoms with E-state index in [2.05, 4.69) is 93.4 Å². The number of nitrogens with zero attached hydrogens (tertiary/aromatic N) is 1. The van der Waals surface area contributed by atoms with Gasteiger partial charge in [-0.15, -0.1) is 0 Å². The van der Waals surface area contributed by atoms with Gasteiger partial charge in [-0.05, 0) is 71.7 Å². The van der Waals surface area contributed by atoms with Gasteiger partial charge in [0.05, 0.1) is 7.11 Å². The van der Waals surface area contributed by atoms with Gasteiger partial charge < -0.3 is 20.4 Å². The van der Waals surface area contributed by atoms with Crippen molar-refractivity contribution in [2.24, 2.45) is 0 Å². The van der Waals surface area contributed by atoms with Crippen LogP contribution in [0.5, 0.6) is 0 Å². The van der Waals surface area contributed by atoms with Crippen molar-refractivity contribution < 1.29 is 14.3 Å². The number of hydrogen-bond acceptors (Lipinski definition) is 4. The Kier molecular flexibility index (Phi) is 9.16. The molecule has 1 unspecified atom stereocenters. The molecule has 1 aliphatic rings. The zero-order chi connectivity index (χ0) is 28.6. The number of hydrogen-bond donors (Lipinski definition) is 3. The average Bonchev–Trinajstić information content (AvgIpc) is 3.61. The quantitative estimate of drug-likeness (QED) is 0.160. The minimum absolute atomic E-state index is 0.149. The Balaban J connectivity index is 1.34. The highest BCUT2D eigenvalue weighted by Gasteiger charge is 2.28. The number of H-pyrrole nitrogens is 1. The smallest absolute Gasteiger partial charge is 0.330 e. The summed E-state index contributed by atoms with van der Waals surface area (Å²) < 4.78 is 4.74. The summed E-state index contributed by atoms with van der Waals surface area (Å²) in [5.41, 5.74) is 8.54. The lowest BCUT2D eigenvalue weighted by Gasteiger charge is -2.30. The molecule has 1 heterocycles. The Hall–Kier alpha value is -4.36. The van der Waals surface area contributed by atoms with Crippen molar-refractivity contribution in [2.45, 2.75) is 45.3 Å². The molecule has 2 amide bonds. The molecule has 1 aliphatic carbocycles. The highest BCUT2D eigenvalue weighted by Crippen LogP contribution is 2.37. The van der Waals surface area contributed by atoms with Crippen molar-refractivity contribution in [1.82, 2.24) is 20.5 Å². The normalized spacial score (nSPS) is 14.5. The van der Waals surface area contributed by atoms with Gasteiger partial charge in [0.1, 0.15) is 0 Å². The number of carbonyl (C=O) groups is 2. The van der Waals surface area contributed by atoms with Crippen molar-refractivity contribution in [3.8, 4) is 0 Å². The molecule has 0 saturated heterocycles. The standard InChI is InChI=1S/C34H38N4O3/c1-3-35-34(40)37-21-25-8-10-26(11-9-25)23-38(19-18-28-22-36-31-7-5-4-6-29(28)31)32-16-14-27-20-24(12-15-30(27)32)13-17-33(39)41-2/h4-13,15,17,20,22,32,36H,3,14,16,18-19,21,23H2,1-2H3,(H2,35,37,40). The number of esters is 1. The molecule has 0 bridgehead atoms. The van der Waals surface area contributed by atoms with Gasteiger partial charge in [-0.1, -0.05) is 60.7 Å². The van der Waals surface area contributed by atoms with E-state index in [1.807, 2.05) is 13.0 Å². The largest absolute Gasteiger partial charge is 0.466 e. The number of ether oxygens (including phenoxy) is 1. The van der Waals surface area contributed by atoms with E-state index in [0.717, 1.165) is 43.5 Å². The summed E-state index contributed by atoms with van der Waals surface area (Å²) in [6, 6.07) is 23.7. The predicted molar refractivity (Wildman–Crippen MR) is 163 cm³/mol. The van der Waals surface area contributed by atoms with Gasteiger partial charge >= 0.3 is 12.0 Å². The zero-order valence-electron chi connectivity index (χ0n) is 23.8. The van der Waals surface area contributed by atoms with Crippen LogP contribution in [0.25, 0.3) is 17.0 Å². The maximum Gasteiger partial charge on any atom is 0.330 e. The molecule has 7 nitrogen and oxygen atoms in total. The maximum absolute atomic E-state index is 11.8. The van der Waals surface area contributed by atoms with Gasteiger partial charge in [0.2, 0.25) is 0 Å². The van der Waals surface area contributed by atoms with Crippen LogP contribution in [0.2, 0.25) is 0 Å². The fourth-order valence-electron chi connectivity index (χ4n) is 5.68. The molecule has 212 valence electrons. The number of methoxy groups -OCH3 is 1. The molecule has 1 atom stereocenters. The minimum atomic E-state index is -0.349. The van der Waals surface area contributed by atoms with E-state index in [9.17, 15) is 9.59 Å². The first-order valence-corrected chi connectivity index (χ1v) is 14.3. The lowest BCUT2D eigenvalue weighted by atomic mass is 10.0. The van der Waals surface area contributed by atoms with Gasteiger partial charge in [-0.3, -0.25) is 4.90 Å². The fourth-order valence-corrected chi connectivity index (χ4v) is 5.68. The Labute approximate surface area is 241 Å². The Morgan fingerprint density at radius 2 is 1.85 bits per heavy atom. The number of benzene rings is 3. The summed E-state index contributed by atoms with van der Waals surface area (Å²) >= 11 is 0. The van der Waals surface area contributed by atoms with Crippen LogP contribution in [0.15, 0.2) is 79.0 Å². The van der Waals surface area contributed by atoms with Gasteiger partial charge in [0, 0.05) is 55.4 Å². The number of aromatic nitrogens is 1. The summed E-state index contributed by atoms with van der Waals surface area (Å²) in [5.74, 6) is -0.349. The first kappa shape index (κ1) is 28.2. The molecule has 0 spiro atoms. The number of fused-ring (bicyclic) bond motifs is 2. The number of urea groups is 1. The average molecular weight is 551 g/mol. The van der Waals surface area contributed by atoms with Crippen molar-refractivity contribution in [3.63, 3.8) is 0 Å². The highest BCUT2D eigenvalue weighted by molar-refractivity contribution is 5.87. The second kappa shape index (κ2) is 13.3. The number of rotatable bonds is 11. The second-order valence-corrected chi connectivity index (χ2v) is 10.5. The van der Waals surface area contributed by atoms with E-state index in [0.29, 0.717) is 19.1 Å². The number of para-hydroxylation sites is 1. The number of aryl methyl sites for hydroxylation is 1. The van der Waals surface area contributed by atoms with Crippen molar-refractivity contribution in [2.75, 3.05) is 20.2 Å². The Bertz CT molecular complexity index is 1520. The molecular weight excluding hydrogens is 512 g/mol. The van der Waals surface area contributed by atoms with Gasteiger partial charge in [0.25, 0.3) is 0 Å². The molecule has 3 aromatic carbocycles. The van der Waals surface area contributed by atoms with Crippen LogP contribution in [0.4, 0.5) is 4.79 Å². The van der Waals surface area contributed by atoms with Crippen LogP contribution in [-0.2, 0) is 35.5 Å². The van der Waals surface area contributed by atoms with Crippen LogP contribution in [0, 0.1) is 0 Å². The third kappa shape index (κ3) is 7.05. The molecule has 41 heavy (non-hydrogen) atoms. The molecule has 4 aromatic rings. The van der Waals surface area contributed by atoms with E-state index in [1.165, 1.54) is 46.3 Å². The summed E-state index contributed by atoms with van der Waals surface area (Å²) in [6.07, 6.45) is 8.44. The van der Waals surface area contributed by atoms with Crippen LogP contribution >= 0.6 is 0 Å². The minimum Gasteiger partial charge on any atom is -0.466 e. The predicted octanol–water partition coefficient (Wildman–Crippen LogP) is 5.91. The lowest BCUT2D eigenvalue weighted by Crippen LogP contribution is -2.34. The second-order valence-electron chi connectivity index (χ2n) is 10.5. The Morgan fingerprint density at radius 1 is 1.05 bits per heavy atom. The molecular formula is C34H38N4O3. The van der Waals surface area contributed by atoms with Crippen molar-refractivity contribution in [1.29, 1.82) is 0 Å². The zero-order valence-corrected chi connectivity index (χ0v) is 23.8. The number of nitrogens with one attached hydrogen (secondary N) is 3. The molecule has 7 heteroatoms. The fraction of sp³-hybridized carbons (Fsp3) is 0.294. The Morgan fingerprint density at radius 3 is 2.66 bits per heavy atom. The van der Waals surface area contributed by atoms with Crippen molar-refractivity contribution >= 4 is 29.0 Å². The van der Waals surface area contributed by atoms with Gasteiger partial charge in [-0.25, -0.2) is 9.59 Å². The molecule has 0 radical (unpaired) electrons. The molecule has 1 aromatic heterocycles. The van der Waals surface area contributed by atoms with Gasteiger partial charge in [-0.2, -0.15) is 0 Å². The lowest BCUT2D eigenvalue weighted by molar-refractivity contribution is -0.134. The van der Waals surface area contributed by atoms with E-state index in [-0.39, 0.29) is 12.0 Å². The van der Waals surface area contributed by atoms with Crippen molar-refractivity contribution in [3.05, 3.63) is 112 Å².